The Balaban J connectivity index is 1.73. The molecule has 4 rings (SSSR count). The van der Waals surface area contributed by atoms with E-state index < -0.39 is 4.92 Å². The molecule has 2 heterocycles. The highest BCUT2D eigenvalue weighted by molar-refractivity contribution is 7.99. The number of rotatable bonds is 5. The van der Waals surface area contributed by atoms with E-state index in [0.29, 0.717) is 15.5 Å². The molecule has 132 valence electrons. The number of hydrogen-bond acceptors (Lipinski definition) is 7. The van der Waals surface area contributed by atoms with E-state index in [-0.39, 0.29) is 17.0 Å². The molecule has 0 N–H and O–H groups in total. The predicted molar refractivity (Wildman–Crippen MR) is 105 cm³/mol. The summed E-state index contributed by atoms with van der Waals surface area (Å²) in [6.45, 7) is 0. The molecule has 8 heteroatoms. The molecule has 0 aliphatic heterocycles. The average molecular weight is 393 g/mol. The summed E-state index contributed by atoms with van der Waals surface area (Å²) in [4.78, 5) is 33.4. The predicted octanol–water partition coefficient (Wildman–Crippen LogP) is 4.98. The van der Waals surface area contributed by atoms with Gasteiger partial charge in [-0.15, -0.1) is 11.3 Å². The summed E-state index contributed by atoms with van der Waals surface area (Å²) in [7, 11) is 0. The lowest BCUT2D eigenvalue weighted by Gasteiger charge is -2.06. The van der Waals surface area contributed by atoms with Crippen LogP contribution >= 0.6 is 23.1 Å². The second-order valence-corrected chi connectivity index (χ2v) is 7.48. The highest BCUT2D eigenvalue weighted by atomic mass is 32.2. The van der Waals surface area contributed by atoms with Crippen LogP contribution < -0.4 is 0 Å². The van der Waals surface area contributed by atoms with Crippen LogP contribution in [0.3, 0.4) is 0 Å². The molecule has 27 heavy (non-hydrogen) atoms. The molecule has 0 aliphatic rings. The topological polar surface area (TPSA) is 86.0 Å². The van der Waals surface area contributed by atoms with Gasteiger partial charge in [0, 0.05) is 22.6 Å². The van der Waals surface area contributed by atoms with Gasteiger partial charge in [-0.2, -0.15) is 0 Å². The van der Waals surface area contributed by atoms with E-state index in [9.17, 15) is 14.9 Å². The van der Waals surface area contributed by atoms with Crippen molar-refractivity contribution in [2.24, 2.45) is 0 Å². The Morgan fingerprint density at radius 1 is 1.04 bits per heavy atom. The third-order valence-corrected chi connectivity index (χ3v) is 5.79. The summed E-state index contributed by atoms with van der Waals surface area (Å²) in [5.41, 5.74) is 0.646. The van der Waals surface area contributed by atoms with Gasteiger partial charge in [-0.3, -0.25) is 14.9 Å². The molecular weight excluding hydrogens is 382 g/mol. The summed E-state index contributed by atoms with van der Waals surface area (Å²) in [6.07, 6.45) is 1.44. The first-order valence-corrected chi connectivity index (χ1v) is 9.57. The maximum absolute atomic E-state index is 12.6. The Labute approximate surface area is 162 Å². The normalized spacial score (nSPS) is 10.8. The van der Waals surface area contributed by atoms with E-state index in [0.717, 1.165) is 10.2 Å². The van der Waals surface area contributed by atoms with E-state index >= 15 is 0 Å². The minimum Gasteiger partial charge on any atom is -0.289 e. The second kappa shape index (κ2) is 7.26. The number of carbonyl (C=O) groups excluding carboxylic acids is 1. The zero-order valence-corrected chi connectivity index (χ0v) is 15.4. The van der Waals surface area contributed by atoms with Crippen LogP contribution in [0.1, 0.15) is 15.9 Å². The van der Waals surface area contributed by atoms with Crippen LogP contribution in [0.5, 0.6) is 0 Å². The molecule has 0 saturated heterocycles. The molecule has 0 unspecified atom stereocenters. The SMILES string of the molecule is O=C(c1ccccc1)c1ccc(Sc2ncnc3sccc23)c([N+](=O)[O-])c1. The average Bonchev–Trinajstić information content (AvgIpc) is 3.18. The Bertz CT molecular complexity index is 1160. The van der Waals surface area contributed by atoms with Gasteiger partial charge in [0.2, 0.25) is 0 Å². The maximum atomic E-state index is 12.6. The molecule has 0 aliphatic carbocycles. The number of hydrogen-bond donors (Lipinski definition) is 0. The van der Waals surface area contributed by atoms with Crippen LogP contribution in [0.15, 0.2) is 76.2 Å². The van der Waals surface area contributed by atoms with Crippen molar-refractivity contribution in [3.05, 3.63) is 87.5 Å². The fourth-order valence-electron chi connectivity index (χ4n) is 2.60. The molecule has 2 aromatic heterocycles. The molecule has 0 fully saturated rings. The van der Waals surface area contributed by atoms with E-state index in [1.807, 2.05) is 17.5 Å². The Hall–Kier alpha value is -3.10. The Morgan fingerprint density at radius 3 is 2.63 bits per heavy atom. The van der Waals surface area contributed by atoms with Gasteiger partial charge in [0.25, 0.3) is 5.69 Å². The molecule has 6 nitrogen and oxygen atoms in total. The van der Waals surface area contributed by atoms with Crippen molar-refractivity contribution in [2.45, 2.75) is 9.92 Å². The van der Waals surface area contributed by atoms with Gasteiger partial charge in [-0.05, 0) is 23.6 Å². The summed E-state index contributed by atoms with van der Waals surface area (Å²) >= 11 is 2.68. The lowest BCUT2D eigenvalue weighted by molar-refractivity contribution is -0.387. The van der Waals surface area contributed by atoms with E-state index in [1.54, 1.807) is 36.4 Å². The summed E-state index contributed by atoms with van der Waals surface area (Å²) in [6, 6.07) is 15.1. The van der Waals surface area contributed by atoms with Gasteiger partial charge in [-0.1, -0.05) is 42.1 Å². The van der Waals surface area contributed by atoms with Crippen molar-refractivity contribution >= 4 is 44.8 Å². The highest BCUT2D eigenvalue weighted by Crippen LogP contribution is 2.38. The Morgan fingerprint density at radius 2 is 1.85 bits per heavy atom. The summed E-state index contributed by atoms with van der Waals surface area (Å²) < 4.78 is 0. The van der Waals surface area contributed by atoms with Crippen molar-refractivity contribution < 1.29 is 9.72 Å². The van der Waals surface area contributed by atoms with E-state index in [4.69, 9.17) is 0 Å². The number of carbonyl (C=O) groups is 1. The number of nitro benzene ring substituents is 1. The quantitative estimate of drug-likeness (QED) is 0.206. The fraction of sp³-hybridized carbons (Fsp3) is 0. The van der Waals surface area contributed by atoms with Gasteiger partial charge < -0.3 is 0 Å². The van der Waals surface area contributed by atoms with Crippen LogP contribution in [0.25, 0.3) is 10.2 Å². The second-order valence-electron chi connectivity index (χ2n) is 5.56. The van der Waals surface area contributed by atoms with Crippen molar-refractivity contribution in [3.63, 3.8) is 0 Å². The van der Waals surface area contributed by atoms with Crippen LogP contribution in [0.2, 0.25) is 0 Å². The highest BCUT2D eigenvalue weighted by Gasteiger charge is 2.20. The van der Waals surface area contributed by atoms with Crippen molar-refractivity contribution in [2.75, 3.05) is 0 Å². The molecule has 0 atom stereocenters. The summed E-state index contributed by atoms with van der Waals surface area (Å²) in [5, 5.41) is 15.0. The smallest absolute Gasteiger partial charge is 0.284 e. The lowest BCUT2D eigenvalue weighted by atomic mass is 10.0. The molecule has 0 spiro atoms. The van der Waals surface area contributed by atoms with E-state index in [2.05, 4.69) is 9.97 Å². The molecule has 4 aromatic rings. The number of aromatic nitrogens is 2. The van der Waals surface area contributed by atoms with Crippen LogP contribution in [0.4, 0.5) is 5.69 Å². The standard InChI is InChI=1S/C19H11N3O3S2/c23-17(12-4-2-1-3-5-12)13-6-7-16(15(10-13)22(24)25)27-19-14-8-9-26-18(14)20-11-21-19/h1-11H. The van der Waals surface area contributed by atoms with Gasteiger partial charge in [-0.25, -0.2) is 9.97 Å². The molecule has 0 saturated carbocycles. The first kappa shape index (κ1) is 17.3. The van der Waals surface area contributed by atoms with Gasteiger partial charge in [0.1, 0.15) is 16.2 Å². The van der Waals surface area contributed by atoms with Crippen molar-refractivity contribution in [1.82, 2.24) is 9.97 Å². The largest absolute Gasteiger partial charge is 0.289 e. The molecule has 0 amide bonds. The van der Waals surface area contributed by atoms with Crippen molar-refractivity contribution in [1.29, 1.82) is 0 Å². The third kappa shape index (κ3) is 3.44. The van der Waals surface area contributed by atoms with Gasteiger partial charge in [0.15, 0.2) is 5.78 Å². The number of nitrogens with zero attached hydrogens (tertiary/aromatic N) is 3. The van der Waals surface area contributed by atoms with Crippen LogP contribution in [0, 0.1) is 10.1 Å². The first-order valence-electron chi connectivity index (χ1n) is 7.88. The summed E-state index contributed by atoms with van der Waals surface area (Å²) in [5.74, 6) is -0.252. The third-order valence-electron chi connectivity index (χ3n) is 3.89. The van der Waals surface area contributed by atoms with Gasteiger partial charge in [0.05, 0.1) is 9.82 Å². The number of ketones is 1. The van der Waals surface area contributed by atoms with Crippen LogP contribution in [-0.2, 0) is 0 Å². The lowest BCUT2D eigenvalue weighted by Crippen LogP contribution is -2.02. The minimum absolute atomic E-state index is 0.122. The number of benzene rings is 2. The molecule has 0 bridgehead atoms. The number of nitro groups is 1. The zero-order valence-electron chi connectivity index (χ0n) is 13.7. The minimum atomic E-state index is -0.476. The Kier molecular flexibility index (Phi) is 4.66. The monoisotopic (exact) mass is 393 g/mol. The maximum Gasteiger partial charge on any atom is 0.284 e. The first-order chi connectivity index (χ1) is 13.1. The van der Waals surface area contributed by atoms with E-state index in [1.165, 1.54) is 35.5 Å². The molecule has 0 radical (unpaired) electrons. The number of fused-ring (bicyclic) bond motifs is 1. The molecule has 2 aromatic carbocycles. The number of thiophene rings is 1. The van der Waals surface area contributed by atoms with Crippen molar-refractivity contribution in [3.8, 4) is 0 Å². The molecular formula is C19H11N3O3S2. The van der Waals surface area contributed by atoms with Crippen LogP contribution in [-0.4, -0.2) is 20.7 Å². The van der Waals surface area contributed by atoms with Gasteiger partial charge >= 0.3 is 0 Å². The zero-order chi connectivity index (χ0) is 18.8. The fourth-order valence-corrected chi connectivity index (χ4v) is 4.35.